The minimum atomic E-state index is -4.41. The highest BCUT2D eigenvalue weighted by Gasteiger charge is 2.30. The van der Waals surface area contributed by atoms with Crippen molar-refractivity contribution in [3.63, 3.8) is 0 Å². The molecular weight excluding hydrogens is 600 g/mol. The highest BCUT2D eigenvalue weighted by molar-refractivity contribution is 14.1. The number of fused-ring (bicyclic) bond motifs is 1. The SMILES string of the molecule is CCOC(=O)COc1ccc(OC/C=C(\c2ccc(I)cc2)c2ccc(C(F)(F)F)cc2)c2occc12. The fourth-order valence-corrected chi connectivity index (χ4v) is 4.03. The Hall–Kier alpha value is -3.47. The van der Waals surface area contributed by atoms with E-state index in [4.69, 9.17) is 18.6 Å². The predicted octanol–water partition coefficient (Wildman–Crippen LogP) is 7.51. The van der Waals surface area contributed by atoms with Gasteiger partial charge in [-0.3, -0.25) is 0 Å². The van der Waals surface area contributed by atoms with Gasteiger partial charge in [0.2, 0.25) is 0 Å². The van der Waals surface area contributed by atoms with Gasteiger partial charge in [-0.1, -0.05) is 24.3 Å². The maximum Gasteiger partial charge on any atom is 0.416 e. The summed E-state index contributed by atoms with van der Waals surface area (Å²) in [6.07, 6.45) is -1.11. The fourth-order valence-electron chi connectivity index (χ4n) is 3.68. The second kappa shape index (κ2) is 11.7. The molecule has 3 aromatic carbocycles. The van der Waals surface area contributed by atoms with E-state index in [0.29, 0.717) is 28.0 Å². The van der Waals surface area contributed by atoms with Crippen molar-refractivity contribution in [3.05, 3.63) is 99.3 Å². The van der Waals surface area contributed by atoms with Crippen molar-refractivity contribution >= 4 is 45.1 Å². The summed E-state index contributed by atoms with van der Waals surface area (Å²) in [7, 11) is 0. The second-order valence-corrected chi connectivity index (χ2v) is 9.08. The molecule has 0 unspecified atom stereocenters. The zero-order valence-electron chi connectivity index (χ0n) is 19.7. The molecule has 37 heavy (non-hydrogen) atoms. The van der Waals surface area contributed by atoms with Crippen LogP contribution in [0.15, 0.2) is 83.5 Å². The number of ether oxygens (including phenoxy) is 3. The van der Waals surface area contributed by atoms with Crippen molar-refractivity contribution in [1.29, 1.82) is 0 Å². The standard InChI is InChI=1S/C28H22F3IO5/c1-2-34-26(33)17-37-24-11-12-25(27-23(24)14-16-36-27)35-15-13-22(19-5-9-21(32)10-6-19)18-3-7-20(8-4-18)28(29,30)31/h3-14,16H,2,15,17H2,1H3/b22-13-. The summed E-state index contributed by atoms with van der Waals surface area (Å²) in [5.41, 5.74) is 1.94. The third-order valence-corrected chi connectivity index (χ3v) is 6.12. The van der Waals surface area contributed by atoms with E-state index >= 15 is 0 Å². The quantitative estimate of drug-likeness (QED) is 0.143. The second-order valence-electron chi connectivity index (χ2n) is 7.83. The topological polar surface area (TPSA) is 57.9 Å². The summed E-state index contributed by atoms with van der Waals surface area (Å²) in [4.78, 5) is 11.6. The lowest BCUT2D eigenvalue weighted by Crippen LogP contribution is -2.14. The molecule has 0 fully saturated rings. The van der Waals surface area contributed by atoms with Crippen LogP contribution in [0.3, 0.4) is 0 Å². The van der Waals surface area contributed by atoms with Gasteiger partial charge >= 0.3 is 12.1 Å². The molecule has 0 aliphatic carbocycles. The van der Waals surface area contributed by atoms with Gasteiger partial charge in [0.05, 0.1) is 23.8 Å². The molecule has 4 aromatic rings. The van der Waals surface area contributed by atoms with E-state index in [9.17, 15) is 18.0 Å². The third-order valence-electron chi connectivity index (χ3n) is 5.40. The molecule has 192 valence electrons. The van der Waals surface area contributed by atoms with Crippen molar-refractivity contribution in [3.8, 4) is 11.5 Å². The molecule has 0 N–H and O–H groups in total. The zero-order valence-corrected chi connectivity index (χ0v) is 21.8. The first-order chi connectivity index (χ1) is 17.8. The van der Waals surface area contributed by atoms with Crippen LogP contribution in [-0.2, 0) is 15.7 Å². The van der Waals surface area contributed by atoms with Crippen LogP contribution in [0, 0.1) is 3.57 Å². The number of carbonyl (C=O) groups excluding carboxylic acids is 1. The number of alkyl halides is 3. The average Bonchev–Trinajstić information content (AvgIpc) is 3.37. The van der Waals surface area contributed by atoms with Crippen LogP contribution in [0.1, 0.15) is 23.6 Å². The first kappa shape index (κ1) is 26.6. The van der Waals surface area contributed by atoms with Gasteiger partial charge in [0.1, 0.15) is 12.4 Å². The molecule has 0 aliphatic rings. The Bertz CT molecular complexity index is 1390. The minimum Gasteiger partial charge on any atom is -0.486 e. The molecule has 0 saturated heterocycles. The van der Waals surface area contributed by atoms with Gasteiger partial charge in [0, 0.05) is 3.57 Å². The van der Waals surface area contributed by atoms with Crippen molar-refractivity contribution in [1.82, 2.24) is 0 Å². The number of benzene rings is 3. The van der Waals surface area contributed by atoms with Crippen molar-refractivity contribution in [2.75, 3.05) is 19.8 Å². The molecule has 5 nitrogen and oxygen atoms in total. The minimum absolute atomic E-state index is 0.126. The van der Waals surface area contributed by atoms with Crippen molar-refractivity contribution < 1.29 is 36.6 Å². The smallest absolute Gasteiger partial charge is 0.416 e. The Labute approximate surface area is 225 Å². The first-order valence-corrected chi connectivity index (χ1v) is 12.4. The molecule has 0 atom stereocenters. The van der Waals surface area contributed by atoms with Crippen molar-refractivity contribution in [2.45, 2.75) is 13.1 Å². The summed E-state index contributed by atoms with van der Waals surface area (Å²) in [5, 5.41) is 0.631. The van der Waals surface area contributed by atoms with Crippen LogP contribution in [0.25, 0.3) is 16.5 Å². The van der Waals surface area contributed by atoms with Gasteiger partial charge in [-0.2, -0.15) is 13.2 Å². The van der Waals surface area contributed by atoms with Crippen LogP contribution in [0.5, 0.6) is 11.5 Å². The number of rotatable bonds is 9. The Balaban J connectivity index is 1.57. The first-order valence-electron chi connectivity index (χ1n) is 11.3. The van der Waals surface area contributed by atoms with E-state index in [1.165, 1.54) is 18.4 Å². The molecule has 0 radical (unpaired) electrons. The summed E-state index contributed by atoms with van der Waals surface area (Å²) in [6.45, 7) is 1.87. The summed E-state index contributed by atoms with van der Waals surface area (Å²) in [5.74, 6) is 0.425. The van der Waals surface area contributed by atoms with Crippen LogP contribution in [0.4, 0.5) is 13.2 Å². The summed E-state index contributed by atoms with van der Waals surface area (Å²) >= 11 is 2.19. The van der Waals surface area contributed by atoms with Gasteiger partial charge in [0.15, 0.2) is 17.9 Å². The molecule has 1 heterocycles. The van der Waals surface area contributed by atoms with E-state index in [1.54, 1.807) is 25.1 Å². The van der Waals surface area contributed by atoms with E-state index in [2.05, 4.69) is 22.6 Å². The molecule has 4 rings (SSSR count). The summed E-state index contributed by atoms with van der Waals surface area (Å²) in [6, 6.07) is 17.8. The molecule has 9 heteroatoms. The van der Waals surface area contributed by atoms with E-state index in [0.717, 1.165) is 26.8 Å². The van der Waals surface area contributed by atoms with E-state index < -0.39 is 17.7 Å². The molecule has 1 aromatic heterocycles. The van der Waals surface area contributed by atoms with E-state index in [-0.39, 0.29) is 19.8 Å². The molecular formula is C28H22F3IO5. The fraction of sp³-hybridized carbons (Fsp3) is 0.179. The van der Waals surface area contributed by atoms with Crippen LogP contribution in [0.2, 0.25) is 0 Å². The zero-order chi connectivity index (χ0) is 26.4. The molecule has 0 saturated carbocycles. The van der Waals surface area contributed by atoms with Gasteiger partial charge in [0.25, 0.3) is 0 Å². The largest absolute Gasteiger partial charge is 0.486 e. The van der Waals surface area contributed by atoms with E-state index in [1.807, 2.05) is 30.3 Å². The van der Waals surface area contributed by atoms with Crippen LogP contribution >= 0.6 is 22.6 Å². The Morgan fingerprint density at radius 1 is 0.919 bits per heavy atom. The number of hydrogen-bond acceptors (Lipinski definition) is 5. The summed E-state index contributed by atoms with van der Waals surface area (Å²) < 4.78 is 62.2. The number of esters is 1. The number of furan rings is 1. The molecule has 0 spiro atoms. The van der Waals surface area contributed by atoms with Gasteiger partial charge < -0.3 is 18.6 Å². The monoisotopic (exact) mass is 622 g/mol. The molecule has 0 amide bonds. The van der Waals surface area contributed by atoms with Crippen LogP contribution in [-0.4, -0.2) is 25.8 Å². The highest BCUT2D eigenvalue weighted by Crippen LogP contribution is 2.35. The molecule has 0 aliphatic heterocycles. The lowest BCUT2D eigenvalue weighted by Gasteiger charge is -2.13. The average molecular weight is 622 g/mol. The number of carbonyl (C=O) groups is 1. The maximum absolute atomic E-state index is 13.1. The number of hydrogen-bond donors (Lipinski definition) is 0. The van der Waals surface area contributed by atoms with Crippen molar-refractivity contribution in [2.24, 2.45) is 0 Å². The maximum atomic E-state index is 13.1. The third kappa shape index (κ3) is 6.65. The Morgan fingerprint density at radius 3 is 2.22 bits per heavy atom. The van der Waals surface area contributed by atoms with Gasteiger partial charge in [-0.25, -0.2) is 4.79 Å². The van der Waals surface area contributed by atoms with Gasteiger partial charge in [-0.05, 0) is 94.8 Å². The molecule has 0 bridgehead atoms. The lowest BCUT2D eigenvalue weighted by atomic mass is 9.96. The normalized spacial score (nSPS) is 12.0. The van der Waals surface area contributed by atoms with Gasteiger partial charge in [-0.15, -0.1) is 0 Å². The Morgan fingerprint density at radius 2 is 1.57 bits per heavy atom. The Kier molecular flexibility index (Phi) is 8.42. The number of halogens is 4. The lowest BCUT2D eigenvalue weighted by molar-refractivity contribution is -0.145. The highest BCUT2D eigenvalue weighted by atomic mass is 127. The van der Waals surface area contributed by atoms with Crippen LogP contribution < -0.4 is 9.47 Å². The predicted molar refractivity (Wildman–Crippen MR) is 142 cm³/mol.